The fraction of sp³-hybridized carbons (Fsp3) is 0.667. The molecule has 0 aromatic heterocycles. The van der Waals surface area contributed by atoms with E-state index in [1.807, 2.05) is 0 Å². The van der Waals surface area contributed by atoms with Crippen molar-refractivity contribution in [3.8, 4) is 0 Å². The molecule has 0 spiro atoms. The molecule has 21 heavy (non-hydrogen) atoms. The Morgan fingerprint density at radius 1 is 1.33 bits per heavy atom. The molecular formula is C18H29ClN2. The van der Waals surface area contributed by atoms with Crippen molar-refractivity contribution < 1.29 is 0 Å². The molecule has 0 saturated heterocycles. The molecule has 2 nitrogen and oxygen atoms in total. The van der Waals surface area contributed by atoms with Gasteiger partial charge in [0.05, 0.1) is 10.7 Å². The average Bonchev–Trinajstić information content (AvgIpc) is 2.39. The van der Waals surface area contributed by atoms with Crippen molar-refractivity contribution in [2.24, 2.45) is 11.8 Å². The Kier molecular flexibility index (Phi) is 6.38. The van der Waals surface area contributed by atoms with E-state index in [9.17, 15) is 0 Å². The summed E-state index contributed by atoms with van der Waals surface area (Å²) in [5.41, 5.74) is 2.46. The number of benzene rings is 1. The van der Waals surface area contributed by atoms with E-state index in [0.29, 0.717) is 5.92 Å². The van der Waals surface area contributed by atoms with Gasteiger partial charge in [0, 0.05) is 19.6 Å². The Labute approximate surface area is 134 Å². The van der Waals surface area contributed by atoms with Gasteiger partial charge in [0.2, 0.25) is 0 Å². The van der Waals surface area contributed by atoms with E-state index in [0.717, 1.165) is 37.1 Å². The van der Waals surface area contributed by atoms with E-state index < -0.39 is 0 Å². The van der Waals surface area contributed by atoms with Gasteiger partial charge < -0.3 is 10.2 Å². The summed E-state index contributed by atoms with van der Waals surface area (Å²) in [6, 6.07) is 6.52. The van der Waals surface area contributed by atoms with Gasteiger partial charge in [-0.3, -0.25) is 0 Å². The van der Waals surface area contributed by atoms with Gasteiger partial charge in [-0.2, -0.15) is 0 Å². The quantitative estimate of drug-likeness (QED) is 0.748. The molecule has 0 radical (unpaired) electrons. The lowest BCUT2D eigenvalue weighted by atomic mass is 9.85. The van der Waals surface area contributed by atoms with Crippen LogP contribution in [0.5, 0.6) is 0 Å². The van der Waals surface area contributed by atoms with E-state index in [2.05, 4.69) is 49.2 Å². The summed E-state index contributed by atoms with van der Waals surface area (Å²) < 4.78 is 0. The molecule has 1 fully saturated rings. The second-order valence-electron chi connectivity index (χ2n) is 6.65. The normalized spacial score (nSPS) is 15.3. The monoisotopic (exact) mass is 308 g/mol. The van der Waals surface area contributed by atoms with E-state index >= 15 is 0 Å². The molecule has 1 saturated carbocycles. The molecule has 0 bridgehead atoms. The first kappa shape index (κ1) is 16.6. The number of nitrogens with one attached hydrogen (secondary N) is 1. The molecule has 0 atom stereocenters. The highest BCUT2D eigenvalue weighted by Crippen LogP contribution is 2.32. The Hall–Kier alpha value is -0.730. The summed E-state index contributed by atoms with van der Waals surface area (Å²) in [5.74, 6) is 1.55. The number of rotatable bonds is 8. The highest BCUT2D eigenvalue weighted by atomic mass is 35.5. The minimum atomic E-state index is 0.679. The Morgan fingerprint density at radius 3 is 2.62 bits per heavy atom. The first-order valence-electron chi connectivity index (χ1n) is 8.34. The lowest BCUT2D eigenvalue weighted by Crippen LogP contribution is -2.32. The smallest absolute Gasteiger partial charge is 0.0642 e. The van der Waals surface area contributed by atoms with Crippen molar-refractivity contribution in [3.05, 3.63) is 28.8 Å². The maximum absolute atomic E-state index is 6.52. The van der Waals surface area contributed by atoms with Crippen LogP contribution in [0, 0.1) is 11.8 Å². The molecule has 0 aliphatic heterocycles. The van der Waals surface area contributed by atoms with Gasteiger partial charge in [-0.05, 0) is 55.8 Å². The van der Waals surface area contributed by atoms with Crippen LogP contribution in [0.25, 0.3) is 0 Å². The molecule has 1 aliphatic rings. The Bertz CT molecular complexity index is 441. The third-order valence-corrected chi connectivity index (χ3v) is 4.62. The maximum Gasteiger partial charge on any atom is 0.0642 e. The highest BCUT2D eigenvalue weighted by Gasteiger charge is 2.21. The van der Waals surface area contributed by atoms with Crippen molar-refractivity contribution >= 4 is 17.3 Å². The zero-order chi connectivity index (χ0) is 15.2. The third-order valence-electron chi connectivity index (χ3n) is 4.32. The van der Waals surface area contributed by atoms with Crippen LogP contribution in [-0.4, -0.2) is 19.6 Å². The van der Waals surface area contributed by atoms with Crippen molar-refractivity contribution in [1.82, 2.24) is 5.32 Å². The van der Waals surface area contributed by atoms with Gasteiger partial charge in [0.1, 0.15) is 0 Å². The van der Waals surface area contributed by atoms with Crippen molar-refractivity contribution in [1.29, 1.82) is 0 Å². The lowest BCUT2D eigenvalue weighted by molar-refractivity contribution is 0.318. The minimum Gasteiger partial charge on any atom is -0.370 e. The number of hydrogen-bond donors (Lipinski definition) is 1. The Balaban J connectivity index is 1.96. The molecule has 1 aromatic rings. The standard InChI is InChI=1S/C18H29ClN2/c1-4-21(13-15-6-5-7-15)18-9-8-16(10-17(18)19)12-20-11-14(2)3/h8-10,14-15,20H,4-7,11-13H2,1-3H3. The predicted octanol–water partition coefficient (Wildman–Crippen LogP) is 4.71. The van der Waals surface area contributed by atoms with Crippen LogP contribution in [0.4, 0.5) is 5.69 Å². The first-order chi connectivity index (χ1) is 10.1. The molecule has 118 valence electrons. The van der Waals surface area contributed by atoms with Crippen LogP contribution in [0.1, 0.15) is 45.6 Å². The second-order valence-corrected chi connectivity index (χ2v) is 7.05. The van der Waals surface area contributed by atoms with Crippen molar-refractivity contribution in [2.75, 3.05) is 24.5 Å². The predicted molar refractivity (Wildman–Crippen MR) is 93.2 cm³/mol. The van der Waals surface area contributed by atoms with Gasteiger partial charge in [-0.25, -0.2) is 0 Å². The number of anilines is 1. The molecule has 1 N–H and O–H groups in total. The molecule has 2 rings (SSSR count). The molecule has 1 aromatic carbocycles. The van der Waals surface area contributed by atoms with Gasteiger partial charge in [-0.15, -0.1) is 0 Å². The van der Waals surface area contributed by atoms with Crippen LogP contribution in [0.3, 0.4) is 0 Å². The van der Waals surface area contributed by atoms with Gasteiger partial charge in [0.25, 0.3) is 0 Å². The van der Waals surface area contributed by atoms with Crippen molar-refractivity contribution in [2.45, 2.75) is 46.6 Å². The Morgan fingerprint density at radius 2 is 2.10 bits per heavy atom. The zero-order valence-corrected chi connectivity index (χ0v) is 14.4. The molecule has 1 aliphatic carbocycles. The third kappa shape index (κ3) is 4.89. The molecule has 0 heterocycles. The van der Waals surface area contributed by atoms with Crippen molar-refractivity contribution in [3.63, 3.8) is 0 Å². The molecular weight excluding hydrogens is 280 g/mol. The van der Waals surface area contributed by atoms with Gasteiger partial charge >= 0.3 is 0 Å². The summed E-state index contributed by atoms with van der Waals surface area (Å²) in [5, 5.41) is 4.36. The van der Waals surface area contributed by atoms with E-state index in [1.165, 1.54) is 30.5 Å². The highest BCUT2D eigenvalue weighted by molar-refractivity contribution is 6.33. The van der Waals surface area contributed by atoms with Crippen LogP contribution in [0.15, 0.2) is 18.2 Å². The van der Waals surface area contributed by atoms with Crippen LogP contribution in [0.2, 0.25) is 5.02 Å². The topological polar surface area (TPSA) is 15.3 Å². The minimum absolute atomic E-state index is 0.679. The number of nitrogens with zero attached hydrogens (tertiary/aromatic N) is 1. The average molecular weight is 309 g/mol. The van der Waals surface area contributed by atoms with E-state index in [1.54, 1.807) is 0 Å². The number of hydrogen-bond acceptors (Lipinski definition) is 2. The first-order valence-corrected chi connectivity index (χ1v) is 8.72. The summed E-state index contributed by atoms with van der Waals surface area (Å²) >= 11 is 6.52. The maximum atomic E-state index is 6.52. The SMILES string of the molecule is CCN(CC1CCC1)c1ccc(CNCC(C)C)cc1Cl. The second kappa shape index (κ2) is 8.05. The summed E-state index contributed by atoms with van der Waals surface area (Å²) in [7, 11) is 0. The molecule has 3 heteroatoms. The van der Waals surface area contributed by atoms with Crippen LogP contribution < -0.4 is 10.2 Å². The number of halogens is 1. The summed E-state index contributed by atoms with van der Waals surface area (Å²) in [4.78, 5) is 2.43. The van der Waals surface area contributed by atoms with Gasteiger partial charge in [0.15, 0.2) is 0 Å². The van der Waals surface area contributed by atoms with E-state index in [4.69, 9.17) is 11.6 Å². The molecule has 0 unspecified atom stereocenters. The van der Waals surface area contributed by atoms with Gasteiger partial charge in [-0.1, -0.05) is 37.9 Å². The summed E-state index contributed by atoms with van der Waals surface area (Å²) in [6.07, 6.45) is 4.16. The zero-order valence-electron chi connectivity index (χ0n) is 13.7. The fourth-order valence-electron chi connectivity index (χ4n) is 2.81. The molecule has 0 amide bonds. The fourth-order valence-corrected chi connectivity index (χ4v) is 3.13. The van der Waals surface area contributed by atoms with Crippen LogP contribution >= 0.6 is 11.6 Å². The van der Waals surface area contributed by atoms with Crippen LogP contribution in [-0.2, 0) is 6.54 Å². The lowest BCUT2D eigenvalue weighted by Gasteiger charge is -2.33. The summed E-state index contributed by atoms with van der Waals surface area (Å²) in [6.45, 7) is 10.8. The largest absolute Gasteiger partial charge is 0.370 e. The van der Waals surface area contributed by atoms with E-state index in [-0.39, 0.29) is 0 Å².